The quantitative estimate of drug-likeness (QED) is 0.840. The van der Waals surface area contributed by atoms with Crippen LogP contribution in [-0.4, -0.2) is 5.97 Å². The van der Waals surface area contributed by atoms with Crippen molar-refractivity contribution in [2.24, 2.45) is 0 Å². The van der Waals surface area contributed by atoms with Gasteiger partial charge in [-0.2, -0.15) is 0 Å². The summed E-state index contributed by atoms with van der Waals surface area (Å²) in [6.07, 6.45) is -0.0392. The predicted molar refractivity (Wildman–Crippen MR) is 54.1 cm³/mol. The summed E-state index contributed by atoms with van der Waals surface area (Å²) >= 11 is 3.35. The van der Waals surface area contributed by atoms with Gasteiger partial charge in [-0.05, 0) is 24.6 Å². The van der Waals surface area contributed by atoms with E-state index in [9.17, 15) is 9.90 Å². The molecule has 0 aliphatic carbocycles. The second kappa shape index (κ2) is 4.57. The molecule has 0 spiro atoms. The second-order valence-electron chi connectivity index (χ2n) is 3.27. The van der Waals surface area contributed by atoms with Gasteiger partial charge in [-0.3, -0.25) is 0 Å². The maximum atomic E-state index is 10.4. The molecule has 0 unspecified atom stereocenters. The molecule has 0 heterocycles. The molecule has 0 amide bonds. The van der Waals surface area contributed by atoms with Crippen molar-refractivity contribution >= 4 is 21.9 Å². The zero-order valence-electron chi connectivity index (χ0n) is 7.92. The zero-order chi connectivity index (χ0) is 10.7. The highest BCUT2D eigenvalue weighted by Gasteiger charge is 2.12. The van der Waals surface area contributed by atoms with Gasteiger partial charge in [-0.25, -0.2) is 0 Å². The van der Waals surface area contributed by atoms with Crippen molar-refractivity contribution in [1.82, 2.24) is 0 Å². The lowest BCUT2D eigenvalue weighted by Gasteiger charge is -2.12. The van der Waals surface area contributed by atoms with E-state index in [-0.39, 0.29) is 12.5 Å². The minimum Gasteiger partial charge on any atom is -0.550 e. The van der Waals surface area contributed by atoms with Gasteiger partial charge in [0.25, 0.3) is 0 Å². The Morgan fingerprint density at radius 3 is 2.79 bits per heavy atom. The Labute approximate surface area is 91.1 Å². The van der Waals surface area contributed by atoms with Crippen LogP contribution in [0.2, 0.25) is 0 Å². The third kappa shape index (κ3) is 2.82. The molecule has 0 bridgehead atoms. The molecule has 0 radical (unpaired) electrons. The van der Waals surface area contributed by atoms with E-state index in [1.807, 2.05) is 25.1 Å². The van der Waals surface area contributed by atoms with E-state index in [0.29, 0.717) is 0 Å². The fourth-order valence-electron chi connectivity index (χ4n) is 1.41. The van der Waals surface area contributed by atoms with Crippen molar-refractivity contribution in [3.8, 4) is 0 Å². The predicted octanol–water partition coefficient (Wildman–Crippen LogP) is 0.181. The summed E-state index contributed by atoms with van der Waals surface area (Å²) in [7, 11) is 0. The maximum absolute atomic E-state index is 10.4. The van der Waals surface area contributed by atoms with Gasteiger partial charge in [-0.1, -0.05) is 22.0 Å². The first-order valence-corrected chi connectivity index (χ1v) is 5.09. The molecule has 0 aliphatic rings. The highest BCUT2D eigenvalue weighted by molar-refractivity contribution is 9.10. The summed E-state index contributed by atoms with van der Waals surface area (Å²) in [5.41, 5.74) is 5.80. The Morgan fingerprint density at radius 2 is 2.29 bits per heavy atom. The Bertz CT molecular complexity index is 352. The van der Waals surface area contributed by atoms with Crippen molar-refractivity contribution in [1.29, 1.82) is 0 Å². The van der Waals surface area contributed by atoms with Gasteiger partial charge in [0, 0.05) is 22.4 Å². The fourth-order valence-corrected chi connectivity index (χ4v) is 1.88. The number of benzene rings is 1. The van der Waals surface area contributed by atoms with Crippen molar-refractivity contribution < 1.29 is 15.6 Å². The van der Waals surface area contributed by atoms with Crippen molar-refractivity contribution in [2.75, 3.05) is 0 Å². The number of carbonyl (C=O) groups excluding carboxylic acids is 1. The number of halogens is 1. The first-order valence-electron chi connectivity index (χ1n) is 4.29. The van der Waals surface area contributed by atoms with E-state index in [0.717, 1.165) is 15.6 Å². The topological polar surface area (TPSA) is 67.8 Å². The molecule has 3 N–H and O–H groups in total. The third-order valence-corrected chi connectivity index (χ3v) is 2.58. The number of carboxylic acid groups (broad SMARTS) is 1. The molecule has 0 aliphatic heterocycles. The fraction of sp³-hybridized carbons (Fsp3) is 0.300. The summed E-state index contributed by atoms with van der Waals surface area (Å²) in [6.45, 7) is 1.94. The molecular weight excluding hydrogens is 246 g/mol. The van der Waals surface area contributed by atoms with Crippen LogP contribution in [0.25, 0.3) is 0 Å². The van der Waals surface area contributed by atoms with E-state index in [2.05, 4.69) is 21.7 Å². The summed E-state index contributed by atoms with van der Waals surface area (Å²) in [4.78, 5) is 10.4. The van der Waals surface area contributed by atoms with Gasteiger partial charge in [0.15, 0.2) is 0 Å². The summed E-state index contributed by atoms with van der Waals surface area (Å²) < 4.78 is 0.986. The normalized spacial score (nSPS) is 12.5. The molecule has 0 fully saturated rings. The Kier molecular flexibility index (Phi) is 3.66. The van der Waals surface area contributed by atoms with Gasteiger partial charge in [0.2, 0.25) is 0 Å². The number of aryl methyl sites for hydroxylation is 1. The van der Waals surface area contributed by atoms with Crippen LogP contribution in [0.4, 0.5) is 0 Å². The monoisotopic (exact) mass is 257 g/mol. The highest BCUT2D eigenvalue weighted by atomic mass is 79.9. The number of quaternary nitrogens is 1. The minimum atomic E-state index is -1.06. The molecule has 1 aromatic carbocycles. The summed E-state index contributed by atoms with van der Waals surface area (Å²) in [5, 5.41) is 10.4. The SMILES string of the molecule is Cc1cc(Br)ccc1[C@@H]([NH3+])CC(=O)[O-]. The van der Waals surface area contributed by atoms with Gasteiger partial charge in [0.05, 0.1) is 0 Å². The molecule has 3 nitrogen and oxygen atoms in total. The molecule has 14 heavy (non-hydrogen) atoms. The zero-order valence-corrected chi connectivity index (χ0v) is 9.50. The van der Waals surface area contributed by atoms with Crippen LogP contribution in [0, 0.1) is 6.92 Å². The van der Waals surface area contributed by atoms with Gasteiger partial charge in [-0.15, -0.1) is 0 Å². The standard InChI is InChI=1S/C10H12BrNO2/c1-6-4-7(11)2-3-8(6)9(12)5-10(13)14/h2-4,9H,5,12H2,1H3,(H,13,14)/t9-/m0/s1. The van der Waals surface area contributed by atoms with Crippen LogP contribution in [0.1, 0.15) is 23.6 Å². The highest BCUT2D eigenvalue weighted by Crippen LogP contribution is 2.20. The molecular formula is C10H12BrNO2. The van der Waals surface area contributed by atoms with Crippen LogP contribution < -0.4 is 10.8 Å². The number of carboxylic acids is 1. The first-order chi connectivity index (χ1) is 6.50. The van der Waals surface area contributed by atoms with E-state index in [1.54, 1.807) is 0 Å². The molecule has 0 saturated carbocycles. The van der Waals surface area contributed by atoms with E-state index in [1.165, 1.54) is 0 Å². The molecule has 1 atom stereocenters. The van der Waals surface area contributed by atoms with Crippen molar-refractivity contribution in [3.05, 3.63) is 33.8 Å². The number of aliphatic carboxylic acids is 1. The van der Waals surface area contributed by atoms with Crippen LogP contribution in [0.15, 0.2) is 22.7 Å². The molecule has 76 valence electrons. The van der Waals surface area contributed by atoms with Crippen molar-refractivity contribution in [2.45, 2.75) is 19.4 Å². The van der Waals surface area contributed by atoms with Gasteiger partial charge < -0.3 is 15.6 Å². The van der Waals surface area contributed by atoms with E-state index >= 15 is 0 Å². The molecule has 0 aromatic heterocycles. The maximum Gasteiger partial charge on any atom is 0.115 e. The molecule has 0 saturated heterocycles. The third-order valence-electron chi connectivity index (χ3n) is 2.08. The van der Waals surface area contributed by atoms with Crippen LogP contribution in [0.3, 0.4) is 0 Å². The second-order valence-corrected chi connectivity index (χ2v) is 4.19. The number of hydrogen-bond donors (Lipinski definition) is 1. The average molecular weight is 258 g/mol. The largest absolute Gasteiger partial charge is 0.550 e. The Hall–Kier alpha value is -0.870. The lowest BCUT2D eigenvalue weighted by molar-refractivity contribution is -0.430. The molecule has 1 rings (SSSR count). The van der Waals surface area contributed by atoms with Gasteiger partial charge >= 0.3 is 0 Å². The Balaban J connectivity index is 2.90. The van der Waals surface area contributed by atoms with Crippen LogP contribution in [-0.2, 0) is 4.79 Å². The minimum absolute atomic E-state index is 0.0392. The Morgan fingerprint density at radius 1 is 1.64 bits per heavy atom. The number of rotatable bonds is 3. The van der Waals surface area contributed by atoms with Crippen LogP contribution in [0.5, 0.6) is 0 Å². The first kappa shape index (κ1) is 11.2. The van der Waals surface area contributed by atoms with E-state index < -0.39 is 5.97 Å². The smallest absolute Gasteiger partial charge is 0.115 e. The lowest BCUT2D eigenvalue weighted by Crippen LogP contribution is -2.55. The van der Waals surface area contributed by atoms with Crippen molar-refractivity contribution in [3.63, 3.8) is 0 Å². The number of hydrogen-bond acceptors (Lipinski definition) is 2. The summed E-state index contributed by atoms with van der Waals surface area (Å²) in [6, 6.07) is 5.48. The van der Waals surface area contributed by atoms with Gasteiger partial charge in [0.1, 0.15) is 6.04 Å². The molecule has 1 aromatic rings. The summed E-state index contributed by atoms with van der Waals surface area (Å²) in [5.74, 6) is -1.06. The average Bonchev–Trinajstić information content (AvgIpc) is 2.01. The van der Waals surface area contributed by atoms with E-state index in [4.69, 9.17) is 0 Å². The molecule has 4 heteroatoms. The van der Waals surface area contributed by atoms with Crippen LogP contribution >= 0.6 is 15.9 Å². The number of carbonyl (C=O) groups is 1. The lowest BCUT2D eigenvalue weighted by atomic mass is 10.00.